The number of rotatable bonds is 4. The lowest BCUT2D eigenvalue weighted by Crippen LogP contribution is -2.33. The highest BCUT2D eigenvalue weighted by atomic mass is 79.9. The van der Waals surface area contributed by atoms with E-state index in [1.54, 1.807) is 18.2 Å². The van der Waals surface area contributed by atoms with Crippen LogP contribution in [0.4, 0.5) is 0 Å². The van der Waals surface area contributed by atoms with Crippen LogP contribution in [0, 0.1) is 6.92 Å². The molecule has 0 spiro atoms. The van der Waals surface area contributed by atoms with Crippen molar-refractivity contribution in [2.24, 2.45) is 0 Å². The van der Waals surface area contributed by atoms with Crippen molar-refractivity contribution in [2.45, 2.75) is 22.5 Å². The Bertz CT molecular complexity index is 497. The van der Waals surface area contributed by atoms with E-state index in [4.69, 9.17) is 0 Å². The van der Waals surface area contributed by atoms with Gasteiger partial charge in [0.2, 0.25) is 2.57 Å². The number of sulfone groups is 1. The molecule has 0 aliphatic heterocycles. The van der Waals surface area contributed by atoms with E-state index in [1.807, 2.05) is 13.0 Å². The fourth-order valence-corrected chi connectivity index (χ4v) is 4.16. The molecule has 6 heteroatoms. The summed E-state index contributed by atoms with van der Waals surface area (Å²) in [5.74, 6) is -0.0631. The maximum Gasteiger partial charge on any atom is 0.210 e. The SMILES string of the molecule is CCS(=O)(=O)C(Br)(Br)[C@H](O)c1cccc(C)c1. The van der Waals surface area contributed by atoms with E-state index in [0.717, 1.165) is 5.56 Å². The molecule has 1 N–H and O–H groups in total. The van der Waals surface area contributed by atoms with Crippen LogP contribution in [0.3, 0.4) is 0 Å². The van der Waals surface area contributed by atoms with Gasteiger partial charge in [-0.15, -0.1) is 0 Å². The van der Waals surface area contributed by atoms with Crippen LogP contribution in [-0.4, -0.2) is 21.8 Å². The number of aliphatic hydroxyl groups is 1. The van der Waals surface area contributed by atoms with Gasteiger partial charge in [-0.3, -0.25) is 0 Å². The molecule has 96 valence electrons. The second kappa shape index (κ2) is 5.38. The molecule has 0 bridgehead atoms. The minimum absolute atomic E-state index is 0.0631. The van der Waals surface area contributed by atoms with Gasteiger partial charge >= 0.3 is 0 Å². The van der Waals surface area contributed by atoms with E-state index in [2.05, 4.69) is 31.9 Å². The van der Waals surface area contributed by atoms with E-state index < -0.39 is 18.5 Å². The summed E-state index contributed by atoms with van der Waals surface area (Å²) < 4.78 is 22.2. The fraction of sp³-hybridized carbons (Fsp3) is 0.455. The quantitative estimate of drug-likeness (QED) is 0.810. The van der Waals surface area contributed by atoms with Gasteiger partial charge in [-0.1, -0.05) is 68.6 Å². The number of benzene rings is 1. The van der Waals surface area contributed by atoms with Crippen molar-refractivity contribution in [3.63, 3.8) is 0 Å². The first-order valence-electron chi connectivity index (χ1n) is 5.07. The summed E-state index contributed by atoms with van der Waals surface area (Å²) in [7, 11) is -3.47. The lowest BCUT2D eigenvalue weighted by atomic mass is 10.1. The minimum Gasteiger partial charge on any atom is -0.385 e. The molecule has 0 heterocycles. The van der Waals surface area contributed by atoms with E-state index in [9.17, 15) is 13.5 Å². The molecule has 0 amide bonds. The zero-order chi connectivity index (χ0) is 13.3. The number of alkyl halides is 2. The minimum atomic E-state index is -3.47. The molecule has 0 radical (unpaired) electrons. The summed E-state index contributed by atoms with van der Waals surface area (Å²) in [5.41, 5.74) is 1.52. The predicted octanol–water partition coefficient (Wildman–Crippen LogP) is 2.91. The number of halogens is 2. The van der Waals surface area contributed by atoms with Crippen molar-refractivity contribution in [3.05, 3.63) is 35.4 Å². The molecule has 1 aromatic carbocycles. The number of hydrogen-bond acceptors (Lipinski definition) is 3. The monoisotopic (exact) mass is 384 g/mol. The Balaban J connectivity index is 3.17. The lowest BCUT2D eigenvalue weighted by Gasteiger charge is -2.26. The first-order valence-corrected chi connectivity index (χ1v) is 8.31. The molecule has 0 saturated heterocycles. The smallest absolute Gasteiger partial charge is 0.210 e. The summed E-state index contributed by atoms with van der Waals surface area (Å²) in [4.78, 5) is 0. The van der Waals surface area contributed by atoms with Gasteiger partial charge in [0.1, 0.15) is 6.10 Å². The van der Waals surface area contributed by atoms with Crippen molar-refractivity contribution in [1.82, 2.24) is 0 Å². The number of aliphatic hydroxyl groups excluding tert-OH is 1. The first kappa shape index (κ1) is 15.1. The van der Waals surface area contributed by atoms with Crippen molar-refractivity contribution < 1.29 is 13.5 Å². The standard InChI is InChI=1S/C11H14Br2O3S/c1-3-17(15,16)11(12,13)10(14)9-6-4-5-8(2)7-9/h4-7,10,14H,3H2,1-2H3/t10-/m1/s1. The molecule has 17 heavy (non-hydrogen) atoms. The molecule has 0 unspecified atom stereocenters. The van der Waals surface area contributed by atoms with Crippen LogP contribution < -0.4 is 0 Å². The van der Waals surface area contributed by atoms with Crippen LogP contribution in [0.1, 0.15) is 24.2 Å². The van der Waals surface area contributed by atoms with Crippen LogP contribution in [-0.2, 0) is 9.84 Å². The third-order valence-corrected chi connectivity index (χ3v) is 8.11. The van der Waals surface area contributed by atoms with Crippen molar-refractivity contribution >= 4 is 41.7 Å². The molecule has 0 fully saturated rings. The molecule has 1 aromatic rings. The highest BCUT2D eigenvalue weighted by molar-refractivity contribution is 9.28. The first-order chi connectivity index (χ1) is 7.72. The summed E-state index contributed by atoms with van der Waals surface area (Å²) in [6.07, 6.45) is -1.17. The van der Waals surface area contributed by atoms with Gasteiger partial charge in [0.05, 0.1) is 0 Å². The Morgan fingerprint density at radius 1 is 1.41 bits per heavy atom. The highest BCUT2D eigenvalue weighted by Crippen LogP contribution is 2.44. The fourth-order valence-electron chi connectivity index (χ4n) is 1.40. The second-order valence-corrected chi connectivity index (χ2v) is 10.8. The second-order valence-electron chi connectivity index (χ2n) is 3.78. The third-order valence-electron chi connectivity index (χ3n) is 2.47. The van der Waals surface area contributed by atoms with Gasteiger partial charge in [0.25, 0.3) is 0 Å². The Morgan fingerprint density at radius 2 is 2.00 bits per heavy atom. The zero-order valence-corrected chi connectivity index (χ0v) is 13.5. The van der Waals surface area contributed by atoms with E-state index >= 15 is 0 Å². The van der Waals surface area contributed by atoms with Gasteiger partial charge < -0.3 is 5.11 Å². The normalized spacial score (nSPS) is 14.6. The highest BCUT2D eigenvalue weighted by Gasteiger charge is 2.45. The third kappa shape index (κ3) is 3.10. The van der Waals surface area contributed by atoms with E-state index in [-0.39, 0.29) is 5.75 Å². The largest absolute Gasteiger partial charge is 0.385 e. The summed E-state index contributed by atoms with van der Waals surface area (Å²) >= 11 is 6.14. The summed E-state index contributed by atoms with van der Waals surface area (Å²) in [6.45, 7) is 3.42. The molecule has 0 aliphatic rings. The van der Waals surface area contributed by atoms with E-state index in [0.29, 0.717) is 5.56 Å². The van der Waals surface area contributed by atoms with Crippen molar-refractivity contribution in [1.29, 1.82) is 0 Å². The van der Waals surface area contributed by atoms with Gasteiger partial charge in [-0.25, -0.2) is 8.42 Å². The van der Waals surface area contributed by atoms with Gasteiger partial charge in [-0.2, -0.15) is 0 Å². The lowest BCUT2D eigenvalue weighted by molar-refractivity contribution is 0.188. The molecule has 3 nitrogen and oxygen atoms in total. The van der Waals surface area contributed by atoms with Gasteiger partial charge in [-0.05, 0) is 12.5 Å². The molecule has 0 aromatic heterocycles. The predicted molar refractivity (Wildman–Crippen MR) is 76.2 cm³/mol. The van der Waals surface area contributed by atoms with Gasteiger partial charge in [0, 0.05) is 5.75 Å². The molecule has 1 rings (SSSR count). The zero-order valence-electron chi connectivity index (χ0n) is 9.52. The molecule has 1 atom stereocenters. The van der Waals surface area contributed by atoms with Crippen LogP contribution in [0.25, 0.3) is 0 Å². The number of hydrogen-bond donors (Lipinski definition) is 1. The Morgan fingerprint density at radius 3 is 2.47 bits per heavy atom. The summed E-state index contributed by atoms with van der Waals surface area (Å²) in [6, 6.07) is 7.12. The van der Waals surface area contributed by atoms with Crippen molar-refractivity contribution in [3.8, 4) is 0 Å². The summed E-state index contributed by atoms with van der Waals surface area (Å²) in [5, 5.41) is 10.2. The average molecular weight is 386 g/mol. The number of aryl methyl sites for hydroxylation is 1. The molecule has 0 aliphatic carbocycles. The van der Waals surface area contributed by atoms with Crippen LogP contribution in [0.2, 0.25) is 0 Å². The molecular weight excluding hydrogens is 372 g/mol. The maximum absolute atomic E-state index is 11.9. The van der Waals surface area contributed by atoms with E-state index in [1.165, 1.54) is 6.92 Å². The van der Waals surface area contributed by atoms with Crippen LogP contribution in [0.15, 0.2) is 24.3 Å². The molecular formula is C11H14Br2O3S. The Hall–Kier alpha value is 0.0900. The Labute approximate surface area is 118 Å². The van der Waals surface area contributed by atoms with Gasteiger partial charge in [0.15, 0.2) is 9.84 Å². The average Bonchev–Trinajstić information content (AvgIpc) is 2.27. The molecule has 0 saturated carbocycles. The maximum atomic E-state index is 11.9. The topological polar surface area (TPSA) is 54.4 Å². The van der Waals surface area contributed by atoms with Crippen LogP contribution >= 0.6 is 31.9 Å². The van der Waals surface area contributed by atoms with Crippen LogP contribution in [0.5, 0.6) is 0 Å². The van der Waals surface area contributed by atoms with Crippen molar-refractivity contribution in [2.75, 3.05) is 5.75 Å². The Kier molecular flexibility index (Phi) is 4.80.